The summed E-state index contributed by atoms with van der Waals surface area (Å²) < 4.78 is 16.3. The fourth-order valence-corrected chi connectivity index (χ4v) is 1.84. The number of carbonyl (C=O) groups excluding carboxylic acids is 3. The maximum Gasteiger partial charge on any atom is 0.373 e. The Labute approximate surface area is 126 Å². The fraction of sp³-hybridized carbons (Fsp3) is 0.267. The molecule has 0 saturated carbocycles. The molecule has 0 bridgehead atoms. The van der Waals surface area contributed by atoms with Crippen LogP contribution in [0.15, 0.2) is 28.8 Å². The third kappa shape index (κ3) is 3.25. The number of nitrogens with zero attached hydrogens (tertiary/aromatic N) is 1. The van der Waals surface area contributed by atoms with Crippen LogP contribution in [-0.4, -0.2) is 29.4 Å². The molecule has 7 heteroatoms. The summed E-state index contributed by atoms with van der Waals surface area (Å²) in [7, 11) is 2.89. The summed E-state index contributed by atoms with van der Waals surface area (Å²) in [6, 6.07) is 4.42. The normalized spacial score (nSPS) is 10.3. The summed E-state index contributed by atoms with van der Waals surface area (Å²) in [6.45, 7) is 1.29. The van der Waals surface area contributed by atoms with Gasteiger partial charge in [0.15, 0.2) is 5.78 Å². The second-order valence-electron chi connectivity index (χ2n) is 4.61. The highest BCUT2D eigenvalue weighted by Crippen LogP contribution is 2.13. The van der Waals surface area contributed by atoms with Crippen molar-refractivity contribution in [3.8, 4) is 0 Å². The third-order valence-electron chi connectivity index (χ3n) is 3.01. The molecule has 2 heterocycles. The Morgan fingerprint density at radius 2 is 1.95 bits per heavy atom. The van der Waals surface area contributed by atoms with Crippen LogP contribution in [-0.2, 0) is 23.1 Å². The number of rotatable bonds is 5. The highest BCUT2D eigenvalue weighted by Gasteiger charge is 2.17. The van der Waals surface area contributed by atoms with Crippen molar-refractivity contribution in [1.29, 1.82) is 0 Å². The Morgan fingerprint density at radius 1 is 1.23 bits per heavy atom. The molecule has 116 valence electrons. The van der Waals surface area contributed by atoms with Gasteiger partial charge in [-0.25, -0.2) is 9.59 Å². The molecule has 0 spiro atoms. The van der Waals surface area contributed by atoms with Crippen LogP contribution in [0.25, 0.3) is 0 Å². The van der Waals surface area contributed by atoms with Gasteiger partial charge in [0, 0.05) is 18.8 Å². The second-order valence-corrected chi connectivity index (χ2v) is 4.61. The molecular weight excluding hydrogens is 290 g/mol. The summed E-state index contributed by atoms with van der Waals surface area (Å²) in [5.74, 6) is -0.985. The predicted octanol–water partition coefficient (Wildman–Crippen LogP) is 1.96. The van der Waals surface area contributed by atoms with Crippen LogP contribution in [0.1, 0.15) is 44.1 Å². The van der Waals surface area contributed by atoms with Crippen molar-refractivity contribution in [1.82, 2.24) is 4.57 Å². The van der Waals surface area contributed by atoms with Crippen LogP contribution in [0, 0.1) is 0 Å². The van der Waals surface area contributed by atoms with Gasteiger partial charge >= 0.3 is 11.9 Å². The van der Waals surface area contributed by atoms with Crippen molar-refractivity contribution in [2.24, 2.45) is 7.05 Å². The summed E-state index contributed by atoms with van der Waals surface area (Å²) in [5.41, 5.74) is 0.686. The minimum atomic E-state index is -0.605. The van der Waals surface area contributed by atoms with Crippen LogP contribution < -0.4 is 0 Å². The zero-order chi connectivity index (χ0) is 16.3. The number of esters is 2. The first kappa shape index (κ1) is 15.6. The molecule has 0 aromatic carbocycles. The fourth-order valence-electron chi connectivity index (χ4n) is 1.84. The largest absolute Gasteiger partial charge is 0.463 e. The van der Waals surface area contributed by atoms with E-state index >= 15 is 0 Å². The molecule has 0 unspecified atom stereocenters. The Kier molecular flexibility index (Phi) is 4.45. The van der Waals surface area contributed by atoms with Crippen molar-refractivity contribution in [2.45, 2.75) is 13.5 Å². The second kappa shape index (κ2) is 6.30. The van der Waals surface area contributed by atoms with Gasteiger partial charge in [-0.05, 0) is 25.1 Å². The van der Waals surface area contributed by atoms with Gasteiger partial charge in [0.25, 0.3) is 0 Å². The zero-order valence-corrected chi connectivity index (χ0v) is 12.4. The molecular formula is C15H15NO6. The Balaban J connectivity index is 2.02. The number of Topliss-reactive ketones (excluding diaryl/α,β-unsaturated/α-hetero) is 1. The number of methoxy groups -OCH3 is 1. The third-order valence-corrected chi connectivity index (χ3v) is 3.01. The molecule has 2 aromatic heterocycles. The summed E-state index contributed by atoms with van der Waals surface area (Å²) in [5, 5.41) is 0. The number of ether oxygens (including phenoxy) is 2. The first-order valence-electron chi connectivity index (χ1n) is 6.44. The maximum absolute atomic E-state index is 12.0. The number of hydrogen-bond donors (Lipinski definition) is 0. The monoisotopic (exact) mass is 305 g/mol. The van der Waals surface area contributed by atoms with Gasteiger partial charge in [-0.1, -0.05) is 0 Å². The van der Waals surface area contributed by atoms with Crippen LogP contribution >= 0.6 is 0 Å². The number of aromatic nitrogens is 1. The molecule has 0 amide bonds. The molecule has 0 N–H and O–H groups in total. The zero-order valence-electron chi connectivity index (χ0n) is 12.4. The molecule has 7 nitrogen and oxygen atoms in total. The van der Waals surface area contributed by atoms with Crippen molar-refractivity contribution in [3.63, 3.8) is 0 Å². The van der Waals surface area contributed by atoms with Gasteiger partial charge in [0.05, 0.1) is 7.11 Å². The topological polar surface area (TPSA) is 87.7 Å². The quantitative estimate of drug-likeness (QED) is 0.620. The van der Waals surface area contributed by atoms with E-state index in [-0.39, 0.29) is 23.8 Å². The number of ketones is 1. The molecule has 0 aliphatic carbocycles. The van der Waals surface area contributed by atoms with Gasteiger partial charge in [-0.15, -0.1) is 0 Å². The molecule has 0 aliphatic heterocycles. The lowest BCUT2D eigenvalue weighted by atomic mass is 10.2. The van der Waals surface area contributed by atoms with Crippen molar-refractivity contribution < 1.29 is 28.3 Å². The maximum atomic E-state index is 12.0. The van der Waals surface area contributed by atoms with Crippen LogP contribution in [0.5, 0.6) is 0 Å². The SMILES string of the molecule is COC(=O)c1ccc(COC(=O)c2cc(C(C)=O)cn2C)o1. The summed E-state index contributed by atoms with van der Waals surface area (Å²) >= 11 is 0. The molecule has 2 aromatic rings. The van der Waals surface area contributed by atoms with E-state index in [9.17, 15) is 14.4 Å². The lowest BCUT2D eigenvalue weighted by Gasteiger charge is -2.03. The van der Waals surface area contributed by atoms with Crippen molar-refractivity contribution >= 4 is 17.7 Å². The van der Waals surface area contributed by atoms with Gasteiger partial charge in [0.1, 0.15) is 18.1 Å². The van der Waals surface area contributed by atoms with Crippen molar-refractivity contribution in [3.05, 3.63) is 47.2 Å². The Bertz CT molecular complexity index is 724. The smallest absolute Gasteiger partial charge is 0.373 e. The number of carbonyl (C=O) groups is 3. The van der Waals surface area contributed by atoms with E-state index in [4.69, 9.17) is 9.15 Å². The average molecular weight is 305 g/mol. The first-order chi connectivity index (χ1) is 10.4. The highest BCUT2D eigenvalue weighted by molar-refractivity contribution is 5.97. The minimum Gasteiger partial charge on any atom is -0.463 e. The Morgan fingerprint density at radius 3 is 2.55 bits per heavy atom. The van der Waals surface area contributed by atoms with Crippen molar-refractivity contribution in [2.75, 3.05) is 7.11 Å². The van der Waals surface area contributed by atoms with E-state index in [1.54, 1.807) is 13.2 Å². The first-order valence-corrected chi connectivity index (χ1v) is 6.44. The summed E-state index contributed by atoms with van der Waals surface area (Å²) in [4.78, 5) is 34.5. The van der Waals surface area contributed by atoms with Gasteiger partial charge in [-0.3, -0.25) is 4.79 Å². The minimum absolute atomic E-state index is 0.0336. The molecule has 0 atom stereocenters. The lowest BCUT2D eigenvalue weighted by molar-refractivity contribution is 0.0427. The van der Waals surface area contributed by atoms with Crippen LogP contribution in [0.3, 0.4) is 0 Å². The van der Waals surface area contributed by atoms with E-state index in [1.807, 2.05) is 0 Å². The molecule has 0 fully saturated rings. The number of hydrogen-bond acceptors (Lipinski definition) is 6. The van der Waals surface area contributed by atoms with Gasteiger partial charge < -0.3 is 18.5 Å². The molecule has 0 radical (unpaired) electrons. The van der Waals surface area contributed by atoms with E-state index in [2.05, 4.69) is 4.74 Å². The van der Waals surface area contributed by atoms with Gasteiger partial charge in [-0.2, -0.15) is 0 Å². The number of furan rings is 1. The molecule has 22 heavy (non-hydrogen) atoms. The number of aryl methyl sites for hydroxylation is 1. The van der Waals surface area contributed by atoms with E-state index in [1.165, 1.54) is 36.8 Å². The van der Waals surface area contributed by atoms with E-state index in [0.717, 1.165) is 0 Å². The van der Waals surface area contributed by atoms with Gasteiger partial charge in [0.2, 0.25) is 5.76 Å². The van der Waals surface area contributed by atoms with E-state index < -0.39 is 11.9 Å². The van der Waals surface area contributed by atoms with Crippen LogP contribution in [0.4, 0.5) is 0 Å². The highest BCUT2D eigenvalue weighted by atomic mass is 16.6. The lowest BCUT2D eigenvalue weighted by Crippen LogP contribution is -2.09. The summed E-state index contributed by atoms with van der Waals surface area (Å²) in [6.07, 6.45) is 1.56. The van der Waals surface area contributed by atoms with E-state index in [0.29, 0.717) is 11.3 Å². The molecule has 0 saturated heterocycles. The molecule has 0 aliphatic rings. The van der Waals surface area contributed by atoms with Crippen LogP contribution in [0.2, 0.25) is 0 Å². The average Bonchev–Trinajstić information content (AvgIpc) is 3.10. The Hall–Kier alpha value is -2.83. The standard InChI is InChI=1S/C15H15NO6/c1-9(17)10-6-12(16(2)7-10)14(18)21-8-11-4-5-13(22-11)15(19)20-3/h4-7H,8H2,1-3H3. The predicted molar refractivity (Wildman–Crippen MR) is 74.6 cm³/mol. The molecule has 2 rings (SSSR count).